The van der Waals surface area contributed by atoms with E-state index in [4.69, 9.17) is 25.1 Å². The number of nitrogens with zero attached hydrogens (tertiary/aromatic N) is 3. The van der Waals surface area contributed by atoms with Gasteiger partial charge in [-0.3, -0.25) is 18.7 Å². The molecule has 0 aliphatic carbocycles. The number of rotatable bonds is 10. The molecule has 1 aromatic carbocycles. The van der Waals surface area contributed by atoms with Gasteiger partial charge in [-0.2, -0.15) is 13.8 Å². The van der Waals surface area contributed by atoms with Gasteiger partial charge in [-0.25, -0.2) is 11.4 Å². The van der Waals surface area contributed by atoms with Gasteiger partial charge in [0, 0.05) is 25.3 Å². The Balaban J connectivity index is 1.79. The molecule has 4 atom stereocenters. The van der Waals surface area contributed by atoms with Gasteiger partial charge in [0.2, 0.25) is 12.8 Å². The van der Waals surface area contributed by atoms with E-state index in [9.17, 15) is 18.9 Å². The molecular weight excluding hydrogens is 517 g/mol. The molecule has 1 aliphatic heterocycles. The largest absolute Gasteiger partial charge is 0.453 e. The maximum Gasteiger partial charge on any atom is 0.351 e. The number of carbonyl (C=O) groups is 2. The summed E-state index contributed by atoms with van der Waals surface area (Å²) in [5.74, 6) is -5.72. The molecule has 4 unspecified atom stereocenters. The highest BCUT2D eigenvalue weighted by Crippen LogP contribution is 2.48. The molecule has 15 heteroatoms. The van der Waals surface area contributed by atoms with Crippen LogP contribution in [0.15, 0.2) is 47.4 Å². The third-order valence-electron chi connectivity index (χ3n) is 5.01. The van der Waals surface area contributed by atoms with Crippen LogP contribution in [-0.2, 0) is 27.9 Å². The predicted octanol–water partition coefficient (Wildman–Crippen LogP) is 2.74. The van der Waals surface area contributed by atoms with Gasteiger partial charge in [0.1, 0.15) is 18.5 Å². The Bertz CT molecular complexity index is 1280. The second kappa shape index (κ2) is 11.7. The van der Waals surface area contributed by atoms with Crippen LogP contribution in [-0.4, -0.2) is 66.0 Å². The molecule has 0 spiro atoms. The van der Waals surface area contributed by atoms with E-state index in [1.807, 2.05) is 0 Å². The second-order valence-corrected chi connectivity index (χ2v) is 9.90. The molecule has 1 fully saturated rings. The number of nitrogens with one attached hydrogen (secondary N) is 1. The summed E-state index contributed by atoms with van der Waals surface area (Å²) in [6.07, 6.45) is -5.14. The molecule has 0 radical (unpaired) electrons. The number of anilines is 1. The lowest BCUT2D eigenvalue weighted by Gasteiger charge is -2.24. The fourth-order valence-electron chi connectivity index (χ4n) is 3.36. The Morgan fingerprint density at radius 1 is 1.27 bits per heavy atom. The van der Waals surface area contributed by atoms with Gasteiger partial charge in [-0.05, 0) is 18.2 Å². The van der Waals surface area contributed by atoms with Crippen LogP contribution in [0.5, 0.6) is 0 Å². The van der Waals surface area contributed by atoms with E-state index in [0.29, 0.717) is 4.57 Å². The highest BCUT2D eigenvalue weighted by molar-refractivity contribution is 7.52. The Morgan fingerprint density at radius 3 is 2.59 bits per heavy atom. The molecule has 2 heterocycles. The van der Waals surface area contributed by atoms with Gasteiger partial charge >= 0.3 is 25.2 Å². The van der Waals surface area contributed by atoms with E-state index in [2.05, 4.69) is 15.1 Å². The van der Waals surface area contributed by atoms with E-state index in [1.54, 1.807) is 18.2 Å². The molecule has 0 saturated carbocycles. The van der Waals surface area contributed by atoms with Crippen LogP contribution < -0.4 is 11.0 Å². The number of amides is 1. The van der Waals surface area contributed by atoms with Crippen LogP contribution in [0.1, 0.15) is 23.5 Å². The van der Waals surface area contributed by atoms with Crippen molar-refractivity contribution < 1.29 is 41.5 Å². The van der Waals surface area contributed by atoms with Gasteiger partial charge in [-0.1, -0.05) is 18.2 Å². The molecule has 12 nitrogen and oxygen atoms in total. The van der Waals surface area contributed by atoms with E-state index in [1.165, 1.54) is 12.1 Å². The van der Waals surface area contributed by atoms with Crippen molar-refractivity contribution in [2.45, 2.75) is 31.3 Å². The van der Waals surface area contributed by atoms with Crippen molar-refractivity contribution in [2.24, 2.45) is 0 Å². The Hall–Kier alpha value is -3.50. The molecule has 198 valence electrons. The third kappa shape index (κ3) is 7.05. The maximum atomic E-state index is 15.3. The lowest BCUT2D eigenvalue weighted by atomic mass is 10.1. The Labute approximate surface area is 209 Å². The standard InChI is InChI=1S/C22H23F2N4O8P/c1-14(29)35-18-16(13-34-37(3,32)33-12-10-25-2)36-20(22(18,23)24)28-11-9-17(27-21(28)31)26-19(30)15-7-5-4-6-8-15/h4-9,11,16,18,20H,10,12-13H2,1,3H3,(H,26,27,30,31). The number of hydrogen-bond acceptors (Lipinski definition) is 9. The van der Waals surface area contributed by atoms with E-state index >= 15 is 8.78 Å². The van der Waals surface area contributed by atoms with Crippen molar-refractivity contribution in [3.63, 3.8) is 0 Å². The summed E-state index contributed by atoms with van der Waals surface area (Å²) in [5, 5.41) is 2.39. The van der Waals surface area contributed by atoms with Crippen LogP contribution in [0, 0.1) is 6.57 Å². The zero-order valence-corrected chi connectivity index (χ0v) is 20.6. The average molecular weight is 540 g/mol. The number of hydrogen-bond donors (Lipinski definition) is 1. The number of carbonyl (C=O) groups excluding carboxylic acids is 2. The van der Waals surface area contributed by atoms with Crippen LogP contribution in [0.3, 0.4) is 0 Å². The number of aromatic nitrogens is 2. The first-order valence-electron chi connectivity index (χ1n) is 10.8. The quantitative estimate of drug-likeness (QED) is 0.209. The van der Waals surface area contributed by atoms with E-state index in [0.717, 1.165) is 25.9 Å². The number of ether oxygens (including phenoxy) is 2. The fourth-order valence-corrected chi connectivity index (χ4v) is 4.27. The first kappa shape index (κ1) is 28.1. The summed E-state index contributed by atoms with van der Waals surface area (Å²) in [6.45, 7) is 7.67. The van der Waals surface area contributed by atoms with Gasteiger partial charge in [-0.15, -0.1) is 0 Å². The van der Waals surface area contributed by atoms with Crippen LogP contribution >= 0.6 is 7.60 Å². The zero-order valence-electron chi connectivity index (χ0n) is 19.7. The van der Waals surface area contributed by atoms with E-state index in [-0.39, 0.29) is 24.5 Å². The van der Waals surface area contributed by atoms with Gasteiger partial charge < -0.3 is 28.7 Å². The van der Waals surface area contributed by atoms with Gasteiger partial charge in [0.15, 0.2) is 6.10 Å². The Kier molecular flexibility index (Phi) is 8.88. The predicted molar refractivity (Wildman–Crippen MR) is 124 cm³/mol. The Morgan fingerprint density at radius 2 is 1.97 bits per heavy atom. The SMILES string of the molecule is [C-]#[N+]CCOP(C)(=O)OCC1OC(n2ccc(NC(=O)c3ccccc3)nc2=O)C(F)(F)C1OC(C)=O. The molecular formula is C22H23F2N4O8P. The van der Waals surface area contributed by atoms with Gasteiger partial charge in [0.05, 0.1) is 6.61 Å². The first-order valence-corrected chi connectivity index (χ1v) is 12.8. The summed E-state index contributed by atoms with van der Waals surface area (Å²) in [4.78, 5) is 43.0. The zero-order chi connectivity index (χ0) is 27.2. The summed E-state index contributed by atoms with van der Waals surface area (Å²) >= 11 is 0. The summed E-state index contributed by atoms with van der Waals surface area (Å²) in [6, 6.07) is 9.17. The number of halogens is 2. The highest BCUT2D eigenvalue weighted by Gasteiger charge is 2.62. The topological polar surface area (TPSA) is 139 Å². The van der Waals surface area contributed by atoms with Crippen molar-refractivity contribution >= 4 is 25.3 Å². The molecule has 1 aromatic heterocycles. The average Bonchev–Trinajstić information content (AvgIpc) is 3.07. The van der Waals surface area contributed by atoms with Crippen molar-refractivity contribution in [1.29, 1.82) is 0 Å². The van der Waals surface area contributed by atoms with Crippen molar-refractivity contribution in [3.8, 4) is 0 Å². The minimum absolute atomic E-state index is 0.0882. The van der Waals surface area contributed by atoms with Crippen molar-refractivity contribution in [3.05, 3.63) is 70.1 Å². The van der Waals surface area contributed by atoms with E-state index < -0.39 is 56.1 Å². The normalized spacial score (nSPS) is 22.0. The molecule has 1 aliphatic rings. The summed E-state index contributed by atoms with van der Waals surface area (Å²) < 4.78 is 63.6. The minimum Gasteiger partial charge on any atom is -0.453 e. The maximum absolute atomic E-state index is 15.3. The molecule has 1 N–H and O–H groups in total. The molecule has 37 heavy (non-hydrogen) atoms. The summed E-state index contributed by atoms with van der Waals surface area (Å²) in [7, 11) is -3.75. The number of benzene rings is 1. The molecule has 1 saturated heterocycles. The van der Waals surface area contributed by atoms with Crippen LogP contribution in [0.2, 0.25) is 0 Å². The van der Waals surface area contributed by atoms with Crippen LogP contribution in [0.25, 0.3) is 4.85 Å². The monoisotopic (exact) mass is 540 g/mol. The molecule has 3 rings (SSSR count). The third-order valence-corrected chi connectivity index (χ3v) is 6.27. The summed E-state index contributed by atoms with van der Waals surface area (Å²) in [5.41, 5.74) is -0.889. The van der Waals surface area contributed by atoms with Crippen molar-refractivity contribution in [1.82, 2.24) is 9.55 Å². The molecule has 0 bridgehead atoms. The highest BCUT2D eigenvalue weighted by atomic mass is 31.2. The van der Waals surface area contributed by atoms with Crippen LogP contribution in [0.4, 0.5) is 14.6 Å². The smallest absolute Gasteiger partial charge is 0.351 e. The fraction of sp³-hybridized carbons (Fsp3) is 0.409. The molecule has 1 amide bonds. The van der Waals surface area contributed by atoms with Crippen molar-refractivity contribution in [2.75, 3.05) is 31.7 Å². The number of esters is 1. The first-order chi connectivity index (χ1) is 17.4. The van der Waals surface area contributed by atoms with Gasteiger partial charge in [0.25, 0.3) is 5.91 Å². The minimum atomic E-state index is -3.93. The second-order valence-electron chi connectivity index (χ2n) is 7.84. The lowest BCUT2D eigenvalue weighted by Crippen LogP contribution is -2.44. The molecule has 2 aromatic rings. The lowest BCUT2D eigenvalue weighted by molar-refractivity contribution is -0.174. The number of alkyl halides is 2.